The van der Waals surface area contributed by atoms with E-state index in [4.69, 9.17) is 0 Å². The lowest BCUT2D eigenvalue weighted by atomic mass is 9.82. The van der Waals surface area contributed by atoms with E-state index in [0.29, 0.717) is 13.0 Å². The first-order valence-electron chi connectivity index (χ1n) is 5.07. The zero-order chi connectivity index (χ0) is 10.3. The summed E-state index contributed by atoms with van der Waals surface area (Å²) in [6.45, 7) is 5.99. The van der Waals surface area contributed by atoms with Gasteiger partial charge in [0.2, 0.25) is 5.91 Å². The van der Waals surface area contributed by atoms with Crippen LogP contribution in [0, 0.1) is 11.3 Å². The lowest BCUT2D eigenvalue weighted by molar-refractivity contribution is -0.142. The van der Waals surface area contributed by atoms with Gasteiger partial charge in [0, 0.05) is 12.5 Å². The molecule has 76 valence electrons. The van der Waals surface area contributed by atoms with Crippen molar-refractivity contribution in [1.82, 2.24) is 4.90 Å². The summed E-state index contributed by atoms with van der Waals surface area (Å²) in [6.07, 6.45) is 4.10. The number of amides is 1. The molecule has 1 saturated heterocycles. The summed E-state index contributed by atoms with van der Waals surface area (Å²) in [4.78, 5) is 25.3. The van der Waals surface area contributed by atoms with Crippen molar-refractivity contribution in [2.75, 3.05) is 6.54 Å². The molecule has 0 N–H and O–H groups in total. The highest BCUT2D eigenvalue weighted by molar-refractivity contribution is 6.08. The van der Waals surface area contributed by atoms with Crippen molar-refractivity contribution in [3.63, 3.8) is 0 Å². The maximum absolute atomic E-state index is 11.9. The number of nitrogens with zero attached hydrogens (tertiary/aromatic N) is 1. The van der Waals surface area contributed by atoms with Crippen LogP contribution in [0.4, 0.5) is 0 Å². The fraction of sp³-hybridized carbons (Fsp3) is 0.636. The molecule has 0 radical (unpaired) electrons. The van der Waals surface area contributed by atoms with Gasteiger partial charge in [0.25, 0.3) is 0 Å². The van der Waals surface area contributed by atoms with Crippen molar-refractivity contribution >= 4 is 11.7 Å². The second-order valence-electron chi connectivity index (χ2n) is 4.40. The van der Waals surface area contributed by atoms with Gasteiger partial charge in [-0.05, 0) is 32.4 Å². The van der Waals surface area contributed by atoms with Crippen LogP contribution in [0.5, 0.6) is 0 Å². The lowest BCUT2D eigenvalue weighted by Gasteiger charge is -2.20. The molecule has 2 aliphatic rings. The summed E-state index contributed by atoms with van der Waals surface area (Å²) in [5, 5.41) is 0. The van der Waals surface area contributed by atoms with Crippen LogP contribution in [0.2, 0.25) is 0 Å². The van der Waals surface area contributed by atoms with E-state index >= 15 is 0 Å². The third-order valence-corrected chi connectivity index (χ3v) is 3.30. The van der Waals surface area contributed by atoms with Gasteiger partial charge in [0.05, 0.1) is 0 Å². The molecule has 3 nitrogen and oxygen atoms in total. The van der Waals surface area contributed by atoms with Gasteiger partial charge in [-0.15, -0.1) is 0 Å². The van der Waals surface area contributed by atoms with E-state index in [9.17, 15) is 9.59 Å². The van der Waals surface area contributed by atoms with Gasteiger partial charge in [0.15, 0.2) is 5.78 Å². The summed E-state index contributed by atoms with van der Waals surface area (Å²) in [7, 11) is 0. The molecule has 0 spiro atoms. The number of carbonyl (C=O) groups is 2. The van der Waals surface area contributed by atoms with E-state index in [1.54, 1.807) is 11.8 Å². The maximum Gasteiger partial charge on any atom is 0.239 e. The zero-order valence-electron chi connectivity index (χ0n) is 8.45. The second-order valence-corrected chi connectivity index (χ2v) is 4.40. The first kappa shape index (κ1) is 9.44. The number of likely N-dealkylation sites (tertiary alicyclic amines) is 1. The molecule has 2 rings (SSSR count). The zero-order valence-corrected chi connectivity index (χ0v) is 8.45. The molecule has 0 aromatic carbocycles. The Hall–Kier alpha value is -1.12. The Morgan fingerprint density at radius 2 is 2.29 bits per heavy atom. The van der Waals surface area contributed by atoms with Crippen molar-refractivity contribution in [3.05, 3.63) is 12.8 Å². The quantitative estimate of drug-likeness (QED) is 0.634. The van der Waals surface area contributed by atoms with E-state index in [-0.39, 0.29) is 17.6 Å². The third-order valence-electron chi connectivity index (χ3n) is 3.30. The average Bonchev–Trinajstić information content (AvgIpc) is 2.96. The highest BCUT2D eigenvalue weighted by Gasteiger charge is 2.51. The van der Waals surface area contributed by atoms with Gasteiger partial charge < -0.3 is 4.90 Å². The maximum atomic E-state index is 11.9. The molecule has 1 saturated carbocycles. The number of ketones is 1. The Morgan fingerprint density at radius 3 is 2.71 bits per heavy atom. The molecule has 1 atom stereocenters. The number of rotatable bonds is 3. The standard InChI is InChI=1S/C11H15NO2/c1-3-12-7-6-11(2,10(12)14)9(13)8-4-5-8/h3,8H,1,4-7H2,2H3. The molecule has 2 fully saturated rings. The Bertz CT molecular complexity index is 306. The molecule has 1 aliphatic carbocycles. The lowest BCUT2D eigenvalue weighted by Crippen LogP contribution is -2.37. The van der Waals surface area contributed by atoms with Gasteiger partial charge >= 0.3 is 0 Å². The number of hydrogen-bond donors (Lipinski definition) is 0. The molecule has 14 heavy (non-hydrogen) atoms. The van der Waals surface area contributed by atoms with Crippen LogP contribution in [0.15, 0.2) is 12.8 Å². The van der Waals surface area contributed by atoms with Gasteiger partial charge in [-0.3, -0.25) is 9.59 Å². The number of hydrogen-bond acceptors (Lipinski definition) is 2. The van der Waals surface area contributed by atoms with Gasteiger partial charge in [-0.2, -0.15) is 0 Å². The Kier molecular flexibility index (Phi) is 1.98. The van der Waals surface area contributed by atoms with Crippen LogP contribution in [0.25, 0.3) is 0 Å². The van der Waals surface area contributed by atoms with Gasteiger partial charge in [-0.25, -0.2) is 0 Å². The van der Waals surface area contributed by atoms with Crippen molar-refractivity contribution < 1.29 is 9.59 Å². The molecule has 0 bridgehead atoms. The molecule has 0 aromatic rings. The summed E-state index contributed by atoms with van der Waals surface area (Å²) in [5.41, 5.74) is -0.755. The SMILES string of the molecule is C=CN1CCC(C)(C(=O)C2CC2)C1=O. The molecule has 0 aromatic heterocycles. The molecule has 1 heterocycles. The number of carbonyl (C=O) groups excluding carboxylic acids is 2. The minimum absolute atomic E-state index is 0.0654. The Morgan fingerprint density at radius 1 is 1.64 bits per heavy atom. The largest absolute Gasteiger partial charge is 0.319 e. The van der Waals surface area contributed by atoms with E-state index < -0.39 is 5.41 Å². The normalized spacial score (nSPS) is 32.1. The number of Topliss-reactive ketones (excluding diaryl/α,β-unsaturated/α-hetero) is 1. The van der Waals surface area contributed by atoms with Crippen molar-refractivity contribution in [2.24, 2.45) is 11.3 Å². The Balaban J connectivity index is 2.19. The van der Waals surface area contributed by atoms with Gasteiger partial charge in [-0.1, -0.05) is 6.58 Å². The first-order chi connectivity index (χ1) is 6.59. The van der Waals surface area contributed by atoms with Crippen LogP contribution in [0.3, 0.4) is 0 Å². The molecule has 1 unspecified atom stereocenters. The van der Waals surface area contributed by atoms with Crippen LogP contribution in [0.1, 0.15) is 26.2 Å². The second kappa shape index (κ2) is 2.94. The highest BCUT2D eigenvalue weighted by Crippen LogP contribution is 2.42. The van der Waals surface area contributed by atoms with Crippen molar-refractivity contribution in [1.29, 1.82) is 0 Å². The molecular formula is C11H15NO2. The van der Waals surface area contributed by atoms with Crippen LogP contribution in [-0.2, 0) is 9.59 Å². The predicted octanol–water partition coefficient (Wildman–Crippen LogP) is 1.35. The van der Waals surface area contributed by atoms with Crippen LogP contribution < -0.4 is 0 Å². The van der Waals surface area contributed by atoms with E-state index in [2.05, 4.69) is 6.58 Å². The monoisotopic (exact) mass is 193 g/mol. The van der Waals surface area contributed by atoms with Crippen molar-refractivity contribution in [2.45, 2.75) is 26.2 Å². The first-order valence-corrected chi connectivity index (χ1v) is 5.07. The smallest absolute Gasteiger partial charge is 0.239 e. The van der Waals surface area contributed by atoms with E-state index in [0.717, 1.165) is 12.8 Å². The molecular weight excluding hydrogens is 178 g/mol. The van der Waals surface area contributed by atoms with Gasteiger partial charge in [0.1, 0.15) is 5.41 Å². The van der Waals surface area contributed by atoms with E-state index in [1.165, 1.54) is 6.20 Å². The summed E-state index contributed by atoms with van der Waals surface area (Å²) in [6, 6.07) is 0. The van der Waals surface area contributed by atoms with Crippen molar-refractivity contribution in [3.8, 4) is 0 Å². The summed E-state index contributed by atoms with van der Waals surface area (Å²) >= 11 is 0. The Labute approximate surface area is 83.8 Å². The van der Waals surface area contributed by atoms with E-state index in [1.807, 2.05) is 0 Å². The summed E-state index contributed by atoms with van der Waals surface area (Å²) in [5.74, 6) is 0.241. The molecule has 3 heteroatoms. The third kappa shape index (κ3) is 1.19. The summed E-state index contributed by atoms with van der Waals surface area (Å²) < 4.78 is 0. The highest BCUT2D eigenvalue weighted by atomic mass is 16.2. The van der Waals surface area contributed by atoms with Crippen LogP contribution in [-0.4, -0.2) is 23.1 Å². The predicted molar refractivity (Wildman–Crippen MR) is 52.4 cm³/mol. The minimum atomic E-state index is -0.755. The topological polar surface area (TPSA) is 37.4 Å². The fourth-order valence-electron chi connectivity index (χ4n) is 2.07. The molecule has 1 aliphatic heterocycles. The fourth-order valence-corrected chi connectivity index (χ4v) is 2.07. The minimum Gasteiger partial charge on any atom is -0.319 e. The average molecular weight is 193 g/mol. The molecule has 1 amide bonds. The van der Waals surface area contributed by atoms with Crippen LogP contribution >= 0.6 is 0 Å².